The molecule has 12 rings (SSSR count). The summed E-state index contributed by atoms with van der Waals surface area (Å²) in [4.78, 5) is 10.4. The quantitative estimate of drug-likeness (QED) is 0.186. The molecule has 0 fully saturated rings. The van der Waals surface area contributed by atoms with Crippen molar-refractivity contribution in [2.24, 2.45) is 0 Å². The van der Waals surface area contributed by atoms with E-state index in [1.807, 2.05) is 6.07 Å². The molecule has 3 heterocycles. The zero-order valence-electron chi connectivity index (χ0n) is 28.0. The van der Waals surface area contributed by atoms with Crippen LogP contribution in [0.25, 0.3) is 92.7 Å². The van der Waals surface area contributed by atoms with Crippen LogP contribution in [0.15, 0.2) is 158 Å². The van der Waals surface area contributed by atoms with Crippen molar-refractivity contribution in [1.82, 2.24) is 14.5 Å². The Labute approximate surface area is 304 Å². The van der Waals surface area contributed by atoms with Crippen LogP contribution < -0.4 is 0 Å². The summed E-state index contributed by atoms with van der Waals surface area (Å²) >= 11 is 1.77. The Morgan fingerprint density at radius 2 is 1.31 bits per heavy atom. The Kier molecular flexibility index (Phi) is 5.77. The monoisotopic (exact) mass is 679 g/mol. The molecule has 0 N–H and O–H groups in total. The Morgan fingerprint density at radius 1 is 0.577 bits per heavy atom. The predicted molar refractivity (Wildman–Crippen MR) is 217 cm³/mol. The molecule has 4 heteroatoms. The topological polar surface area (TPSA) is 30.7 Å². The summed E-state index contributed by atoms with van der Waals surface area (Å²) in [5.41, 5.74) is 17.6. The molecule has 3 aromatic heterocycles. The van der Waals surface area contributed by atoms with Crippen LogP contribution in [0.3, 0.4) is 0 Å². The van der Waals surface area contributed by atoms with E-state index in [4.69, 9.17) is 9.97 Å². The average molecular weight is 680 g/mol. The van der Waals surface area contributed by atoms with Crippen molar-refractivity contribution in [3.63, 3.8) is 0 Å². The maximum Gasteiger partial charge on any atom is 0.160 e. The highest BCUT2D eigenvalue weighted by molar-refractivity contribution is 7.26. The second-order valence-electron chi connectivity index (χ2n) is 14.0. The summed E-state index contributed by atoms with van der Waals surface area (Å²) in [6.45, 7) is 0. The van der Waals surface area contributed by atoms with Crippen molar-refractivity contribution >= 4 is 53.4 Å². The van der Waals surface area contributed by atoms with Crippen molar-refractivity contribution in [3.8, 4) is 50.6 Å². The average Bonchev–Trinajstić information content (AvgIpc) is 3.86. The largest absolute Gasteiger partial charge is 0.309 e. The van der Waals surface area contributed by atoms with E-state index in [-0.39, 0.29) is 0 Å². The summed E-state index contributed by atoms with van der Waals surface area (Å²) in [6, 6.07) is 57.5. The van der Waals surface area contributed by atoms with Gasteiger partial charge < -0.3 is 4.57 Å². The van der Waals surface area contributed by atoms with Gasteiger partial charge in [0, 0.05) is 49.2 Å². The molecule has 10 aromatic rings. The van der Waals surface area contributed by atoms with E-state index < -0.39 is 0 Å². The van der Waals surface area contributed by atoms with E-state index in [0.717, 1.165) is 45.0 Å². The molecule has 7 aromatic carbocycles. The van der Waals surface area contributed by atoms with Crippen LogP contribution in [0.5, 0.6) is 0 Å². The lowest BCUT2D eigenvalue weighted by Gasteiger charge is -2.27. The molecular weight excluding hydrogens is 651 g/mol. The molecule has 3 nitrogen and oxygen atoms in total. The number of thiophene rings is 1. The summed E-state index contributed by atoms with van der Waals surface area (Å²) in [6.07, 6.45) is 1.03. The molecule has 0 radical (unpaired) electrons. The molecule has 1 unspecified atom stereocenters. The minimum absolute atomic E-state index is 0.356. The maximum absolute atomic E-state index is 5.25. The van der Waals surface area contributed by atoms with Gasteiger partial charge >= 0.3 is 0 Å². The third-order valence-electron chi connectivity index (χ3n) is 11.3. The summed E-state index contributed by atoms with van der Waals surface area (Å²) in [7, 11) is 0. The van der Waals surface area contributed by atoms with Gasteiger partial charge in [-0.2, -0.15) is 0 Å². The molecular formula is C48H29N3S. The van der Waals surface area contributed by atoms with Gasteiger partial charge in [0.15, 0.2) is 5.82 Å². The van der Waals surface area contributed by atoms with Gasteiger partial charge in [-0.05, 0) is 70.1 Å². The zero-order chi connectivity index (χ0) is 33.9. The van der Waals surface area contributed by atoms with Gasteiger partial charge in [-0.15, -0.1) is 11.3 Å². The fraction of sp³-hybridized carbons (Fsp3) is 0.0417. The molecule has 1 atom stereocenters. The normalized spacial score (nSPS) is 14.3. The molecule has 0 saturated carbocycles. The Balaban J connectivity index is 1.11. The van der Waals surface area contributed by atoms with Crippen molar-refractivity contribution in [2.45, 2.75) is 12.3 Å². The highest BCUT2D eigenvalue weighted by Gasteiger charge is 2.37. The summed E-state index contributed by atoms with van der Waals surface area (Å²) < 4.78 is 4.85. The maximum atomic E-state index is 5.25. The number of benzene rings is 7. The lowest BCUT2D eigenvalue weighted by molar-refractivity contribution is 0.816. The molecule has 242 valence electrons. The second kappa shape index (κ2) is 10.6. The van der Waals surface area contributed by atoms with E-state index in [1.165, 1.54) is 70.8 Å². The number of aromatic nitrogens is 3. The Hall–Kier alpha value is -6.36. The van der Waals surface area contributed by atoms with Gasteiger partial charge in [0.2, 0.25) is 0 Å². The molecule has 2 aliphatic rings. The van der Waals surface area contributed by atoms with Crippen molar-refractivity contribution < 1.29 is 0 Å². The van der Waals surface area contributed by atoms with Crippen LogP contribution in [0.1, 0.15) is 22.6 Å². The first-order valence-corrected chi connectivity index (χ1v) is 18.7. The molecule has 0 saturated heterocycles. The first kappa shape index (κ1) is 28.3. The fourth-order valence-corrected chi connectivity index (χ4v) is 10.3. The SMILES string of the molecule is c1ccc(-c2nc(-c3ccc(-n4c5ccccc5c5cc6c7c(c54)-c4ccccc4CC7c4ccccc4-6)cc3)c3sc4ccccc4c3n2)cc1. The number of hydrogen-bond donors (Lipinski definition) is 0. The third kappa shape index (κ3) is 3.85. The van der Waals surface area contributed by atoms with Crippen LogP contribution in [-0.2, 0) is 6.42 Å². The fourth-order valence-electron chi connectivity index (χ4n) is 9.11. The second-order valence-corrected chi connectivity index (χ2v) is 15.1. The van der Waals surface area contributed by atoms with Crippen LogP contribution >= 0.6 is 11.3 Å². The van der Waals surface area contributed by atoms with Gasteiger partial charge in [-0.1, -0.05) is 127 Å². The van der Waals surface area contributed by atoms with E-state index >= 15 is 0 Å². The van der Waals surface area contributed by atoms with Gasteiger partial charge in [-0.3, -0.25) is 0 Å². The standard InChI is InChI=1S/C48H29N3S/c1-2-12-29(13-3-1)48-49-44(47-45(50-48)36-19-9-11-21-41(36)52-47)28-22-24-31(25-23-28)51-40-20-10-8-18-35(40)39-27-38-34-17-7-6-16-33(34)37-26-30-14-4-5-15-32(30)43(42(37)38)46(39)51/h1-25,27,37H,26H2. The highest BCUT2D eigenvalue weighted by atomic mass is 32.1. The molecule has 52 heavy (non-hydrogen) atoms. The van der Waals surface area contributed by atoms with E-state index in [1.54, 1.807) is 11.3 Å². The zero-order valence-corrected chi connectivity index (χ0v) is 28.9. The number of hydrogen-bond acceptors (Lipinski definition) is 3. The van der Waals surface area contributed by atoms with Crippen LogP contribution in [0.4, 0.5) is 0 Å². The van der Waals surface area contributed by atoms with Crippen molar-refractivity contribution in [3.05, 3.63) is 174 Å². The van der Waals surface area contributed by atoms with Gasteiger partial charge in [-0.25, -0.2) is 9.97 Å². The predicted octanol–water partition coefficient (Wildman–Crippen LogP) is 12.6. The number of para-hydroxylation sites is 1. The smallest absolute Gasteiger partial charge is 0.160 e. The molecule has 0 aliphatic heterocycles. The summed E-state index contributed by atoms with van der Waals surface area (Å²) in [5.74, 6) is 1.11. The van der Waals surface area contributed by atoms with Crippen LogP contribution in [0, 0.1) is 0 Å². The van der Waals surface area contributed by atoms with Crippen molar-refractivity contribution in [1.29, 1.82) is 0 Å². The number of rotatable bonds is 3. The molecule has 0 bridgehead atoms. The van der Waals surface area contributed by atoms with Gasteiger partial charge in [0.1, 0.15) is 0 Å². The van der Waals surface area contributed by atoms with Crippen LogP contribution in [0.2, 0.25) is 0 Å². The molecule has 0 amide bonds. The Morgan fingerprint density at radius 3 is 2.19 bits per heavy atom. The third-order valence-corrected chi connectivity index (χ3v) is 12.5. The van der Waals surface area contributed by atoms with E-state index in [0.29, 0.717) is 5.92 Å². The first-order chi connectivity index (χ1) is 25.8. The minimum Gasteiger partial charge on any atom is -0.309 e. The highest BCUT2D eigenvalue weighted by Crippen LogP contribution is 2.57. The van der Waals surface area contributed by atoms with E-state index in [9.17, 15) is 0 Å². The lowest BCUT2D eigenvalue weighted by Crippen LogP contribution is -2.11. The minimum atomic E-state index is 0.356. The lowest BCUT2D eigenvalue weighted by atomic mass is 9.77. The van der Waals surface area contributed by atoms with Gasteiger partial charge in [0.05, 0.1) is 26.9 Å². The summed E-state index contributed by atoms with van der Waals surface area (Å²) in [5, 5.41) is 3.75. The van der Waals surface area contributed by atoms with Gasteiger partial charge in [0.25, 0.3) is 0 Å². The molecule has 2 aliphatic carbocycles. The number of nitrogens with zero attached hydrogens (tertiary/aromatic N) is 3. The molecule has 0 spiro atoms. The van der Waals surface area contributed by atoms with Crippen molar-refractivity contribution in [2.75, 3.05) is 0 Å². The van der Waals surface area contributed by atoms with E-state index in [2.05, 4.69) is 156 Å². The Bertz CT molecular complexity index is 3100. The number of fused-ring (bicyclic) bond motifs is 12. The first-order valence-electron chi connectivity index (χ1n) is 17.9. The van der Waals surface area contributed by atoms with Crippen LogP contribution in [-0.4, -0.2) is 14.5 Å².